The number of aromatic nitrogens is 3. The van der Waals surface area contributed by atoms with Crippen LogP contribution in [0.15, 0.2) is 67.1 Å². The fraction of sp³-hybridized carbons (Fsp3) is 0.269. The molecule has 0 bridgehead atoms. The van der Waals surface area contributed by atoms with Crippen LogP contribution in [0.1, 0.15) is 17.5 Å². The van der Waals surface area contributed by atoms with E-state index in [-0.39, 0.29) is 6.10 Å². The van der Waals surface area contributed by atoms with E-state index in [0.717, 1.165) is 61.4 Å². The molecule has 2 aliphatic rings. The number of nitrogens with zero attached hydrogens (tertiary/aromatic N) is 5. The molecule has 0 saturated carbocycles. The lowest BCUT2D eigenvalue weighted by molar-refractivity contribution is 0.175. The molecule has 32 heavy (non-hydrogen) atoms. The SMILES string of the molecule is O[C@@H]1CCN(Cc2cnc3c(N4CCc5c(-c6ccccc6)cccc54)ncnc3c2)C1. The number of hydrogen-bond donors (Lipinski definition) is 1. The van der Waals surface area contributed by atoms with Crippen LogP contribution in [0.3, 0.4) is 0 Å². The molecule has 160 valence electrons. The standard InChI is InChI=1S/C26H25N5O/c32-20-9-11-30(16-20)15-18-13-23-25(27-14-18)26(29-17-28-23)31-12-10-22-21(7-4-8-24(22)31)19-5-2-1-3-6-19/h1-8,13-14,17,20,32H,9-12,15-16H2/t20-/m1/s1. The van der Waals surface area contributed by atoms with Crippen molar-refractivity contribution in [1.29, 1.82) is 0 Å². The molecular formula is C26H25N5O. The molecule has 0 amide bonds. The van der Waals surface area contributed by atoms with Crippen molar-refractivity contribution < 1.29 is 5.11 Å². The van der Waals surface area contributed by atoms with E-state index in [4.69, 9.17) is 4.98 Å². The monoisotopic (exact) mass is 423 g/mol. The first-order valence-corrected chi connectivity index (χ1v) is 11.2. The Balaban J connectivity index is 1.35. The molecule has 0 radical (unpaired) electrons. The number of aliphatic hydroxyl groups is 1. The second-order valence-electron chi connectivity index (χ2n) is 8.66. The fourth-order valence-electron chi connectivity index (χ4n) is 5.01. The number of rotatable bonds is 4. The zero-order chi connectivity index (χ0) is 21.5. The predicted molar refractivity (Wildman–Crippen MR) is 126 cm³/mol. The second kappa shape index (κ2) is 7.97. The van der Waals surface area contributed by atoms with Crippen molar-refractivity contribution in [2.75, 3.05) is 24.5 Å². The Labute approximate surface area is 187 Å². The molecule has 0 aliphatic carbocycles. The van der Waals surface area contributed by atoms with Gasteiger partial charge in [0.15, 0.2) is 5.82 Å². The van der Waals surface area contributed by atoms with Gasteiger partial charge in [-0.05, 0) is 47.2 Å². The Bertz CT molecular complexity index is 1280. The van der Waals surface area contributed by atoms with E-state index in [1.807, 2.05) is 6.20 Å². The van der Waals surface area contributed by atoms with E-state index in [9.17, 15) is 5.11 Å². The lowest BCUT2D eigenvalue weighted by Gasteiger charge is -2.20. The van der Waals surface area contributed by atoms with Crippen molar-refractivity contribution in [3.8, 4) is 11.1 Å². The third-order valence-corrected chi connectivity index (χ3v) is 6.53. The number of anilines is 2. The maximum atomic E-state index is 9.80. The summed E-state index contributed by atoms with van der Waals surface area (Å²) in [5, 5.41) is 9.80. The number of fused-ring (bicyclic) bond motifs is 2. The lowest BCUT2D eigenvalue weighted by Crippen LogP contribution is -2.21. The van der Waals surface area contributed by atoms with E-state index < -0.39 is 0 Å². The molecule has 1 N–H and O–H groups in total. The smallest absolute Gasteiger partial charge is 0.163 e. The molecular weight excluding hydrogens is 398 g/mol. The highest BCUT2D eigenvalue weighted by atomic mass is 16.3. The summed E-state index contributed by atoms with van der Waals surface area (Å²) >= 11 is 0. The van der Waals surface area contributed by atoms with Gasteiger partial charge in [-0.3, -0.25) is 9.88 Å². The number of likely N-dealkylation sites (tertiary alicyclic amines) is 1. The summed E-state index contributed by atoms with van der Waals surface area (Å²) < 4.78 is 0. The molecule has 1 saturated heterocycles. The highest BCUT2D eigenvalue weighted by Crippen LogP contribution is 2.40. The Morgan fingerprint density at radius 2 is 1.88 bits per heavy atom. The van der Waals surface area contributed by atoms with E-state index in [0.29, 0.717) is 0 Å². The number of hydrogen-bond acceptors (Lipinski definition) is 6. The Morgan fingerprint density at radius 3 is 2.72 bits per heavy atom. The van der Waals surface area contributed by atoms with Crippen LogP contribution in [0.5, 0.6) is 0 Å². The minimum atomic E-state index is -0.214. The van der Waals surface area contributed by atoms with Gasteiger partial charge < -0.3 is 10.0 Å². The molecule has 6 heteroatoms. The van der Waals surface area contributed by atoms with Gasteiger partial charge in [-0.15, -0.1) is 0 Å². The van der Waals surface area contributed by atoms with Gasteiger partial charge in [-0.2, -0.15) is 0 Å². The minimum Gasteiger partial charge on any atom is -0.392 e. The van der Waals surface area contributed by atoms with Crippen LogP contribution in [0.25, 0.3) is 22.2 Å². The normalized spacial score (nSPS) is 18.4. The van der Waals surface area contributed by atoms with E-state index >= 15 is 0 Å². The molecule has 1 fully saturated rings. The van der Waals surface area contributed by atoms with Crippen LogP contribution >= 0.6 is 0 Å². The fourth-order valence-corrected chi connectivity index (χ4v) is 5.01. The van der Waals surface area contributed by atoms with Gasteiger partial charge in [-0.1, -0.05) is 42.5 Å². The largest absolute Gasteiger partial charge is 0.392 e. The average molecular weight is 424 g/mol. The molecule has 6 rings (SSSR count). The molecule has 2 aromatic heterocycles. The molecule has 4 aromatic rings. The van der Waals surface area contributed by atoms with Crippen molar-refractivity contribution in [1.82, 2.24) is 19.9 Å². The maximum Gasteiger partial charge on any atom is 0.163 e. The van der Waals surface area contributed by atoms with Crippen LogP contribution < -0.4 is 4.90 Å². The zero-order valence-corrected chi connectivity index (χ0v) is 17.9. The Hall–Kier alpha value is -3.35. The Morgan fingerprint density at radius 1 is 0.969 bits per heavy atom. The minimum absolute atomic E-state index is 0.214. The summed E-state index contributed by atoms with van der Waals surface area (Å²) in [4.78, 5) is 18.5. The van der Waals surface area contributed by atoms with Gasteiger partial charge in [0, 0.05) is 38.1 Å². The highest BCUT2D eigenvalue weighted by molar-refractivity contribution is 5.90. The first kappa shape index (κ1) is 19.3. The van der Waals surface area contributed by atoms with Gasteiger partial charge in [0.05, 0.1) is 11.6 Å². The quantitative estimate of drug-likeness (QED) is 0.536. The molecule has 0 unspecified atom stereocenters. The Kier molecular flexibility index (Phi) is 4.82. The van der Waals surface area contributed by atoms with Crippen LogP contribution in [-0.4, -0.2) is 50.7 Å². The zero-order valence-electron chi connectivity index (χ0n) is 17.9. The molecule has 6 nitrogen and oxygen atoms in total. The van der Waals surface area contributed by atoms with Crippen molar-refractivity contribution >= 4 is 22.5 Å². The van der Waals surface area contributed by atoms with Crippen molar-refractivity contribution in [3.05, 3.63) is 78.2 Å². The molecule has 2 aliphatic heterocycles. The summed E-state index contributed by atoms with van der Waals surface area (Å²) in [6, 6.07) is 19.2. The van der Waals surface area contributed by atoms with Gasteiger partial charge in [-0.25, -0.2) is 9.97 Å². The second-order valence-corrected chi connectivity index (χ2v) is 8.66. The van der Waals surface area contributed by atoms with Crippen molar-refractivity contribution in [3.63, 3.8) is 0 Å². The van der Waals surface area contributed by atoms with Gasteiger partial charge in [0.2, 0.25) is 0 Å². The molecule has 4 heterocycles. The van der Waals surface area contributed by atoms with Crippen LogP contribution in [0.2, 0.25) is 0 Å². The van der Waals surface area contributed by atoms with Gasteiger partial charge >= 0.3 is 0 Å². The number of pyridine rings is 1. The average Bonchev–Trinajstić information content (AvgIpc) is 3.45. The van der Waals surface area contributed by atoms with E-state index in [1.165, 1.54) is 22.4 Å². The number of benzene rings is 2. The summed E-state index contributed by atoms with van der Waals surface area (Å²) in [5.41, 5.74) is 7.89. The number of β-amino-alcohol motifs (C(OH)–C–C–N with tert-alkyl or cyclic N) is 1. The van der Waals surface area contributed by atoms with Gasteiger partial charge in [0.1, 0.15) is 11.8 Å². The summed E-state index contributed by atoms with van der Waals surface area (Å²) in [5.74, 6) is 0.863. The highest BCUT2D eigenvalue weighted by Gasteiger charge is 2.26. The third kappa shape index (κ3) is 3.42. The number of aliphatic hydroxyl groups excluding tert-OH is 1. The molecule has 1 atom stereocenters. The van der Waals surface area contributed by atoms with Crippen molar-refractivity contribution in [2.45, 2.75) is 25.5 Å². The van der Waals surface area contributed by atoms with E-state index in [2.05, 4.69) is 74.4 Å². The maximum absolute atomic E-state index is 9.80. The van der Waals surface area contributed by atoms with Crippen LogP contribution in [0.4, 0.5) is 11.5 Å². The predicted octanol–water partition coefficient (Wildman–Crippen LogP) is 3.95. The van der Waals surface area contributed by atoms with Crippen molar-refractivity contribution in [2.24, 2.45) is 0 Å². The lowest BCUT2D eigenvalue weighted by atomic mass is 9.98. The summed E-state index contributed by atoms with van der Waals surface area (Å²) in [6.07, 6.45) is 5.17. The van der Waals surface area contributed by atoms with E-state index in [1.54, 1.807) is 6.33 Å². The first-order valence-electron chi connectivity index (χ1n) is 11.2. The molecule has 2 aromatic carbocycles. The first-order chi connectivity index (χ1) is 15.8. The molecule has 0 spiro atoms. The third-order valence-electron chi connectivity index (χ3n) is 6.53. The van der Waals surface area contributed by atoms with Crippen LogP contribution in [-0.2, 0) is 13.0 Å². The summed E-state index contributed by atoms with van der Waals surface area (Å²) in [7, 11) is 0. The topological polar surface area (TPSA) is 65.4 Å². The summed E-state index contributed by atoms with van der Waals surface area (Å²) in [6.45, 7) is 3.30. The van der Waals surface area contributed by atoms with Gasteiger partial charge in [0.25, 0.3) is 0 Å². The van der Waals surface area contributed by atoms with Crippen LogP contribution in [0, 0.1) is 0 Å².